The Balaban J connectivity index is 2.13. The number of rotatable bonds is 4. The van der Waals surface area contributed by atoms with E-state index in [1.807, 2.05) is 18.2 Å². The highest BCUT2D eigenvalue weighted by atomic mass is 79.9. The van der Waals surface area contributed by atoms with Crippen molar-refractivity contribution in [3.8, 4) is 0 Å². The summed E-state index contributed by atoms with van der Waals surface area (Å²) in [6.45, 7) is 2.10. The molecule has 0 aromatic heterocycles. The lowest BCUT2D eigenvalue weighted by molar-refractivity contribution is -0.144. The number of carbonyl (C=O) groups is 2. The minimum atomic E-state index is -0.858. The summed E-state index contributed by atoms with van der Waals surface area (Å²) in [5.41, 5.74) is 1.23. The highest BCUT2D eigenvalue weighted by molar-refractivity contribution is 9.10. The van der Waals surface area contributed by atoms with Gasteiger partial charge in [-0.2, -0.15) is 0 Å². The molecule has 0 spiro atoms. The zero-order valence-electron chi connectivity index (χ0n) is 11.1. The second-order valence-electron chi connectivity index (χ2n) is 4.48. The molecule has 1 aliphatic rings. The van der Waals surface area contributed by atoms with Crippen molar-refractivity contribution >= 4 is 27.7 Å². The maximum absolute atomic E-state index is 12.3. The van der Waals surface area contributed by atoms with Crippen molar-refractivity contribution in [3.05, 3.63) is 59.7 Å². The van der Waals surface area contributed by atoms with Gasteiger partial charge in [-0.05, 0) is 13.3 Å². The van der Waals surface area contributed by atoms with E-state index in [0.29, 0.717) is 24.2 Å². The molecule has 2 rings (SSSR count). The van der Waals surface area contributed by atoms with Crippen LogP contribution in [-0.2, 0) is 9.53 Å². The van der Waals surface area contributed by atoms with E-state index in [1.165, 1.54) is 0 Å². The molecular formula is C16H15BrO3. The molecule has 1 aromatic rings. The van der Waals surface area contributed by atoms with Crippen LogP contribution in [0.4, 0.5) is 0 Å². The first-order valence-corrected chi connectivity index (χ1v) is 7.21. The second-order valence-corrected chi connectivity index (χ2v) is 5.89. The molecule has 1 aromatic carbocycles. The van der Waals surface area contributed by atoms with Crippen molar-refractivity contribution in [2.45, 2.75) is 17.7 Å². The molecule has 0 aliphatic heterocycles. The quantitative estimate of drug-likeness (QED) is 0.481. The number of hydrogen-bond donors (Lipinski definition) is 0. The topological polar surface area (TPSA) is 43.4 Å². The molecule has 20 heavy (non-hydrogen) atoms. The van der Waals surface area contributed by atoms with Crippen LogP contribution in [0.2, 0.25) is 0 Å². The number of carbonyl (C=O) groups excluding carboxylic acids is 2. The summed E-state index contributed by atoms with van der Waals surface area (Å²) in [6.07, 6.45) is 5.52. The van der Waals surface area contributed by atoms with Crippen LogP contribution in [0.3, 0.4) is 0 Å². The van der Waals surface area contributed by atoms with Crippen LogP contribution >= 0.6 is 15.9 Å². The summed E-state index contributed by atoms with van der Waals surface area (Å²) in [7, 11) is 0. The van der Waals surface area contributed by atoms with Gasteiger partial charge in [-0.1, -0.05) is 64.5 Å². The Morgan fingerprint density at radius 3 is 2.55 bits per heavy atom. The van der Waals surface area contributed by atoms with E-state index in [4.69, 9.17) is 4.74 Å². The summed E-state index contributed by atoms with van der Waals surface area (Å²) in [5, 5.41) is 0. The monoisotopic (exact) mass is 334 g/mol. The van der Waals surface area contributed by atoms with E-state index in [1.54, 1.807) is 37.3 Å². The number of alkyl halides is 1. The number of ether oxygens (including phenoxy) is 1. The number of hydrogen-bond acceptors (Lipinski definition) is 3. The molecule has 1 aliphatic carbocycles. The van der Waals surface area contributed by atoms with Crippen molar-refractivity contribution in [1.29, 1.82) is 0 Å². The normalized spacial score (nSPS) is 21.2. The number of halogens is 1. The van der Waals surface area contributed by atoms with E-state index < -0.39 is 4.32 Å². The Labute approximate surface area is 126 Å². The van der Waals surface area contributed by atoms with Gasteiger partial charge in [0.1, 0.15) is 4.32 Å². The number of ketones is 1. The van der Waals surface area contributed by atoms with Crippen molar-refractivity contribution in [2.75, 3.05) is 6.61 Å². The first-order valence-electron chi connectivity index (χ1n) is 6.42. The van der Waals surface area contributed by atoms with Gasteiger partial charge in [-0.25, -0.2) is 0 Å². The zero-order chi connectivity index (χ0) is 14.6. The first kappa shape index (κ1) is 14.7. The molecule has 0 N–H and O–H groups in total. The predicted octanol–water partition coefficient (Wildman–Crippen LogP) is 3.45. The lowest BCUT2D eigenvalue weighted by atomic mass is 9.92. The third kappa shape index (κ3) is 3.07. The Morgan fingerprint density at radius 2 is 2.00 bits per heavy atom. The fraction of sp³-hybridized carbons (Fsp3) is 0.250. The third-order valence-corrected chi connectivity index (χ3v) is 3.97. The minimum absolute atomic E-state index is 0.0414. The lowest BCUT2D eigenvalue weighted by Crippen LogP contribution is -2.33. The molecule has 0 radical (unpaired) electrons. The summed E-state index contributed by atoms with van der Waals surface area (Å²) in [4.78, 5) is 24.1. The van der Waals surface area contributed by atoms with Crippen molar-refractivity contribution in [1.82, 2.24) is 0 Å². The van der Waals surface area contributed by atoms with Crippen LogP contribution in [0, 0.1) is 0 Å². The molecule has 3 nitrogen and oxygen atoms in total. The number of benzene rings is 1. The van der Waals surface area contributed by atoms with Gasteiger partial charge >= 0.3 is 5.97 Å². The minimum Gasteiger partial charge on any atom is -0.465 e. The summed E-state index contributed by atoms with van der Waals surface area (Å²) in [6, 6.07) is 9.07. The maximum Gasteiger partial charge on any atom is 0.327 e. The Hall–Kier alpha value is -1.68. The van der Waals surface area contributed by atoms with Gasteiger partial charge in [-0.3, -0.25) is 9.59 Å². The first-order chi connectivity index (χ1) is 9.57. The van der Waals surface area contributed by atoms with Crippen LogP contribution in [0.25, 0.3) is 0 Å². The van der Waals surface area contributed by atoms with Crippen LogP contribution in [0.1, 0.15) is 23.7 Å². The van der Waals surface area contributed by atoms with E-state index >= 15 is 0 Å². The molecule has 0 bridgehead atoms. The number of allylic oxidation sites excluding steroid dienone is 3. The van der Waals surface area contributed by atoms with Gasteiger partial charge in [0, 0.05) is 11.1 Å². The largest absolute Gasteiger partial charge is 0.465 e. The fourth-order valence-electron chi connectivity index (χ4n) is 1.94. The third-order valence-electron chi connectivity index (χ3n) is 3.06. The molecule has 0 fully saturated rings. The molecule has 0 saturated heterocycles. The van der Waals surface area contributed by atoms with Crippen LogP contribution in [0.15, 0.2) is 54.1 Å². The molecule has 0 heterocycles. The summed E-state index contributed by atoms with van der Waals surface area (Å²) < 4.78 is 4.16. The zero-order valence-corrected chi connectivity index (χ0v) is 12.7. The standard InChI is InChI=1S/C16H15BrO3/c1-2-20-15(19)16(17)10-8-13(9-11-16)14(18)12-6-4-3-5-7-12/h3-10H,2,11H2,1H3. The summed E-state index contributed by atoms with van der Waals surface area (Å²) in [5.74, 6) is -0.376. The van der Waals surface area contributed by atoms with E-state index in [0.717, 1.165) is 0 Å². The highest BCUT2D eigenvalue weighted by Gasteiger charge is 2.35. The molecular weight excluding hydrogens is 320 g/mol. The predicted molar refractivity (Wildman–Crippen MR) is 80.9 cm³/mol. The summed E-state index contributed by atoms with van der Waals surface area (Å²) >= 11 is 3.38. The molecule has 1 unspecified atom stereocenters. The van der Waals surface area contributed by atoms with Crippen LogP contribution in [0.5, 0.6) is 0 Å². The van der Waals surface area contributed by atoms with Gasteiger partial charge in [0.05, 0.1) is 6.61 Å². The molecule has 4 heteroatoms. The Bertz CT molecular complexity index is 575. The Morgan fingerprint density at radius 1 is 1.30 bits per heavy atom. The SMILES string of the molecule is CCOC(=O)C1(Br)C=CC(C(=O)c2ccccc2)=CC1. The average molecular weight is 335 g/mol. The Kier molecular flexibility index (Phi) is 4.55. The van der Waals surface area contributed by atoms with E-state index in [9.17, 15) is 9.59 Å². The van der Waals surface area contributed by atoms with Crippen molar-refractivity contribution in [3.63, 3.8) is 0 Å². The molecule has 1 atom stereocenters. The number of Topliss-reactive ketones (excluding diaryl/α,β-unsaturated/α-hetero) is 1. The van der Waals surface area contributed by atoms with Gasteiger partial charge < -0.3 is 4.74 Å². The second kappa shape index (κ2) is 6.18. The highest BCUT2D eigenvalue weighted by Crippen LogP contribution is 2.32. The van der Waals surface area contributed by atoms with Crippen molar-refractivity contribution in [2.24, 2.45) is 0 Å². The van der Waals surface area contributed by atoms with Gasteiger partial charge in [0.25, 0.3) is 0 Å². The van der Waals surface area contributed by atoms with Gasteiger partial charge in [0.15, 0.2) is 5.78 Å². The van der Waals surface area contributed by atoms with Gasteiger partial charge in [0.2, 0.25) is 0 Å². The molecule has 0 amide bonds. The number of esters is 1. The smallest absolute Gasteiger partial charge is 0.327 e. The van der Waals surface area contributed by atoms with Crippen LogP contribution < -0.4 is 0 Å². The molecule has 0 saturated carbocycles. The van der Waals surface area contributed by atoms with E-state index in [-0.39, 0.29) is 11.8 Å². The molecule has 104 valence electrons. The van der Waals surface area contributed by atoms with Crippen LogP contribution in [-0.4, -0.2) is 22.7 Å². The fourth-order valence-corrected chi connectivity index (χ4v) is 2.35. The maximum atomic E-state index is 12.3. The van der Waals surface area contributed by atoms with Crippen molar-refractivity contribution < 1.29 is 14.3 Å². The lowest BCUT2D eigenvalue weighted by Gasteiger charge is -2.23. The average Bonchev–Trinajstić information content (AvgIpc) is 2.48. The van der Waals surface area contributed by atoms with E-state index in [2.05, 4.69) is 15.9 Å². The van der Waals surface area contributed by atoms with Gasteiger partial charge in [-0.15, -0.1) is 0 Å².